The SMILES string of the molecule is CCCCC[C@H](O)/C=C/[C@@H]1[C@@H](C/C=C\CCCCOC(=O)c2ccccc2)[C@@H](O)C[C@H]1O. The van der Waals surface area contributed by atoms with Gasteiger partial charge in [0.15, 0.2) is 0 Å². The Balaban J connectivity index is 1.66. The number of unbranched alkanes of at least 4 members (excludes halogenated alkanes) is 4. The van der Waals surface area contributed by atoms with Crippen LogP contribution in [0.2, 0.25) is 0 Å². The van der Waals surface area contributed by atoms with E-state index < -0.39 is 18.3 Å². The lowest BCUT2D eigenvalue weighted by molar-refractivity contribution is 0.0498. The van der Waals surface area contributed by atoms with Crippen molar-refractivity contribution >= 4 is 5.97 Å². The summed E-state index contributed by atoms with van der Waals surface area (Å²) in [6, 6.07) is 8.99. The Morgan fingerprint density at radius 1 is 1.09 bits per heavy atom. The lowest BCUT2D eigenvalue weighted by Crippen LogP contribution is -2.20. The van der Waals surface area contributed by atoms with Crippen LogP contribution >= 0.6 is 0 Å². The van der Waals surface area contributed by atoms with Gasteiger partial charge in [-0.25, -0.2) is 4.79 Å². The van der Waals surface area contributed by atoms with Crippen LogP contribution in [0.5, 0.6) is 0 Å². The number of rotatable bonds is 14. The van der Waals surface area contributed by atoms with Crippen LogP contribution < -0.4 is 0 Å². The number of ether oxygens (including phenoxy) is 1. The van der Waals surface area contributed by atoms with Gasteiger partial charge in [-0.2, -0.15) is 0 Å². The number of hydrogen-bond donors (Lipinski definition) is 3. The molecule has 1 aromatic carbocycles. The molecular weight excluding hydrogens is 404 g/mol. The maximum absolute atomic E-state index is 11.9. The molecule has 0 amide bonds. The van der Waals surface area contributed by atoms with Crippen molar-refractivity contribution in [3.05, 3.63) is 60.2 Å². The second-order valence-corrected chi connectivity index (χ2v) is 8.76. The zero-order valence-electron chi connectivity index (χ0n) is 19.3. The highest BCUT2D eigenvalue weighted by atomic mass is 16.5. The molecule has 5 nitrogen and oxygen atoms in total. The average molecular weight is 445 g/mol. The molecule has 3 N–H and O–H groups in total. The third kappa shape index (κ3) is 9.27. The van der Waals surface area contributed by atoms with Crippen LogP contribution in [0.15, 0.2) is 54.6 Å². The van der Waals surface area contributed by atoms with Crippen LogP contribution in [0.1, 0.15) is 75.1 Å². The van der Waals surface area contributed by atoms with Gasteiger partial charge in [-0.15, -0.1) is 0 Å². The van der Waals surface area contributed by atoms with Crippen molar-refractivity contribution in [3.8, 4) is 0 Å². The number of esters is 1. The van der Waals surface area contributed by atoms with Gasteiger partial charge in [0.1, 0.15) is 0 Å². The molecule has 0 bridgehead atoms. The molecule has 0 heterocycles. The van der Waals surface area contributed by atoms with Crippen LogP contribution in [-0.4, -0.2) is 46.2 Å². The van der Waals surface area contributed by atoms with E-state index in [9.17, 15) is 20.1 Å². The van der Waals surface area contributed by atoms with Crippen LogP contribution in [-0.2, 0) is 4.74 Å². The van der Waals surface area contributed by atoms with E-state index in [1.54, 1.807) is 18.2 Å². The van der Waals surface area contributed by atoms with Crippen LogP contribution in [0.3, 0.4) is 0 Å². The molecule has 5 atom stereocenters. The molecule has 1 aliphatic carbocycles. The van der Waals surface area contributed by atoms with Gasteiger partial charge in [-0.05, 0) is 50.2 Å². The third-order valence-electron chi connectivity index (χ3n) is 6.16. The summed E-state index contributed by atoms with van der Waals surface area (Å²) in [5.41, 5.74) is 0.571. The van der Waals surface area contributed by atoms with Gasteiger partial charge in [0, 0.05) is 12.3 Å². The molecule has 0 aromatic heterocycles. The molecule has 178 valence electrons. The fourth-order valence-electron chi connectivity index (χ4n) is 4.22. The molecule has 0 aliphatic heterocycles. The average Bonchev–Trinajstić information content (AvgIpc) is 3.06. The first-order valence-electron chi connectivity index (χ1n) is 12.1. The zero-order chi connectivity index (χ0) is 23.2. The summed E-state index contributed by atoms with van der Waals surface area (Å²) >= 11 is 0. The Labute approximate surface area is 192 Å². The number of carbonyl (C=O) groups excluding carboxylic acids is 1. The van der Waals surface area contributed by atoms with Crippen LogP contribution in [0, 0.1) is 11.8 Å². The Bertz CT molecular complexity index is 699. The number of carbonyl (C=O) groups is 1. The summed E-state index contributed by atoms with van der Waals surface area (Å²) in [5, 5.41) is 30.8. The highest BCUT2D eigenvalue weighted by molar-refractivity contribution is 5.89. The molecule has 0 spiro atoms. The minimum atomic E-state index is -0.568. The predicted molar refractivity (Wildman–Crippen MR) is 127 cm³/mol. The van der Waals surface area contributed by atoms with E-state index in [0.717, 1.165) is 44.9 Å². The van der Waals surface area contributed by atoms with Crippen molar-refractivity contribution < 1.29 is 24.9 Å². The molecule has 0 radical (unpaired) electrons. The van der Waals surface area contributed by atoms with Crippen molar-refractivity contribution in [1.82, 2.24) is 0 Å². The van der Waals surface area contributed by atoms with Crippen LogP contribution in [0.4, 0.5) is 0 Å². The first-order chi connectivity index (χ1) is 15.5. The minimum Gasteiger partial charge on any atom is -0.462 e. The molecule has 1 saturated carbocycles. The van der Waals surface area contributed by atoms with Gasteiger partial charge >= 0.3 is 5.97 Å². The quantitative estimate of drug-likeness (QED) is 0.218. The van der Waals surface area contributed by atoms with Gasteiger partial charge in [0.05, 0.1) is 30.5 Å². The number of hydrogen-bond acceptors (Lipinski definition) is 5. The molecular formula is C27H40O5. The number of benzene rings is 1. The maximum Gasteiger partial charge on any atom is 0.338 e. The second-order valence-electron chi connectivity index (χ2n) is 8.76. The number of allylic oxidation sites excluding steroid dienone is 2. The Morgan fingerprint density at radius 3 is 2.62 bits per heavy atom. The van der Waals surface area contributed by atoms with Crippen molar-refractivity contribution in [2.45, 2.75) is 83.0 Å². The third-order valence-corrected chi connectivity index (χ3v) is 6.16. The lowest BCUT2D eigenvalue weighted by atomic mass is 9.89. The molecule has 0 unspecified atom stereocenters. The molecule has 1 fully saturated rings. The van der Waals surface area contributed by atoms with E-state index in [4.69, 9.17) is 4.74 Å². The molecule has 32 heavy (non-hydrogen) atoms. The summed E-state index contributed by atoms with van der Waals surface area (Å²) in [6.45, 7) is 2.54. The second kappa shape index (κ2) is 15.0. The fourth-order valence-corrected chi connectivity index (χ4v) is 4.22. The molecule has 2 rings (SSSR count). The summed E-state index contributed by atoms with van der Waals surface area (Å²) in [6.07, 6.45) is 13.9. The van der Waals surface area contributed by atoms with Crippen molar-refractivity contribution in [2.75, 3.05) is 6.61 Å². The summed E-state index contributed by atoms with van der Waals surface area (Å²) in [4.78, 5) is 11.9. The van der Waals surface area contributed by atoms with Gasteiger partial charge < -0.3 is 20.1 Å². The summed E-state index contributed by atoms with van der Waals surface area (Å²) in [7, 11) is 0. The number of aliphatic hydroxyl groups excluding tert-OH is 3. The van der Waals surface area contributed by atoms with Crippen molar-refractivity contribution in [1.29, 1.82) is 0 Å². The monoisotopic (exact) mass is 444 g/mol. The van der Waals surface area contributed by atoms with E-state index in [1.807, 2.05) is 24.3 Å². The van der Waals surface area contributed by atoms with E-state index in [1.165, 1.54) is 0 Å². The largest absolute Gasteiger partial charge is 0.462 e. The maximum atomic E-state index is 11.9. The number of aliphatic hydroxyl groups is 3. The molecule has 1 aliphatic rings. The van der Waals surface area contributed by atoms with E-state index in [0.29, 0.717) is 25.0 Å². The highest BCUT2D eigenvalue weighted by Crippen LogP contribution is 2.36. The normalized spacial score (nSPS) is 24.4. The molecule has 5 heteroatoms. The van der Waals surface area contributed by atoms with E-state index >= 15 is 0 Å². The van der Waals surface area contributed by atoms with Gasteiger partial charge in [0.25, 0.3) is 0 Å². The Morgan fingerprint density at radius 2 is 1.88 bits per heavy atom. The standard InChI is InChI=1S/C27H40O5/c1-2-3-8-15-22(28)17-18-24-23(25(29)20-26(24)30)16-11-5-4-6-12-19-32-27(31)21-13-9-7-10-14-21/h5,7,9-11,13-14,17-18,22-26,28-30H,2-4,6,8,12,15-16,19-20H2,1H3/b11-5-,18-17+/t22-,23+,24+,25-,26+/m0/s1. The lowest BCUT2D eigenvalue weighted by Gasteiger charge is -2.19. The van der Waals surface area contributed by atoms with Gasteiger partial charge in [-0.1, -0.05) is 68.7 Å². The van der Waals surface area contributed by atoms with E-state index in [2.05, 4.69) is 19.1 Å². The first kappa shape index (κ1) is 26.3. The fraction of sp³-hybridized carbons (Fsp3) is 0.593. The molecule has 1 aromatic rings. The van der Waals surface area contributed by atoms with Crippen molar-refractivity contribution in [2.24, 2.45) is 11.8 Å². The first-order valence-corrected chi connectivity index (χ1v) is 12.1. The smallest absolute Gasteiger partial charge is 0.338 e. The zero-order valence-corrected chi connectivity index (χ0v) is 19.3. The molecule has 0 saturated heterocycles. The Hall–Kier alpha value is -1.95. The Kier molecular flexibility index (Phi) is 12.3. The van der Waals surface area contributed by atoms with Crippen LogP contribution in [0.25, 0.3) is 0 Å². The highest BCUT2D eigenvalue weighted by Gasteiger charge is 2.39. The summed E-state index contributed by atoms with van der Waals surface area (Å²) in [5.74, 6) is -0.454. The predicted octanol–water partition coefficient (Wildman–Crippen LogP) is 4.82. The van der Waals surface area contributed by atoms with E-state index in [-0.39, 0.29) is 17.8 Å². The topological polar surface area (TPSA) is 87.0 Å². The van der Waals surface area contributed by atoms with Gasteiger partial charge in [-0.3, -0.25) is 0 Å². The summed E-state index contributed by atoms with van der Waals surface area (Å²) < 4.78 is 5.28. The van der Waals surface area contributed by atoms with Crippen molar-refractivity contribution in [3.63, 3.8) is 0 Å². The van der Waals surface area contributed by atoms with Gasteiger partial charge in [0.2, 0.25) is 0 Å². The minimum absolute atomic E-state index is 0.0350.